The molecule has 1 amide bonds. The van der Waals surface area contributed by atoms with E-state index < -0.39 is 0 Å². The summed E-state index contributed by atoms with van der Waals surface area (Å²) in [6.07, 6.45) is 7.20. The third kappa shape index (κ3) is 5.34. The average Bonchev–Trinajstić information content (AvgIpc) is 3.11. The number of carbonyl (C=O) groups is 1. The van der Waals surface area contributed by atoms with Gasteiger partial charge in [-0.05, 0) is 78.5 Å². The number of nitriles is 1. The highest BCUT2D eigenvalue weighted by molar-refractivity contribution is 9.10. The van der Waals surface area contributed by atoms with Gasteiger partial charge in [-0.1, -0.05) is 19.3 Å². The molecule has 2 heterocycles. The van der Waals surface area contributed by atoms with E-state index >= 15 is 0 Å². The molecule has 1 saturated heterocycles. The number of carbonyl (C=O) groups excluding carboxylic acids is 1. The highest BCUT2D eigenvalue weighted by Gasteiger charge is 2.20. The summed E-state index contributed by atoms with van der Waals surface area (Å²) in [5.41, 5.74) is 5.29. The number of hydrogen-bond donors (Lipinski definition) is 1. The van der Waals surface area contributed by atoms with Crippen molar-refractivity contribution in [2.45, 2.75) is 52.0 Å². The molecule has 6 nitrogen and oxygen atoms in total. The lowest BCUT2D eigenvalue weighted by Crippen LogP contribution is -2.36. The van der Waals surface area contributed by atoms with E-state index in [9.17, 15) is 10.1 Å². The molecular formula is C26H31BrN4O2. The number of morpholine rings is 1. The van der Waals surface area contributed by atoms with Gasteiger partial charge in [0.1, 0.15) is 11.6 Å². The topological polar surface area (TPSA) is 70.3 Å². The fourth-order valence-electron chi connectivity index (χ4n) is 4.84. The number of nitrogens with zero attached hydrogens (tertiary/aromatic N) is 3. The van der Waals surface area contributed by atoms with Gasteiger partial charge in [-0.25, -0.2) is 0 Å². The van der Waals surface area contributed by atoms with Crippen LogP contribution < -0.4 is 10.2 Å². The zero-order valence-electron chi connectivity index (χ0n) is 19.4. The van der Waals surface area contributed by atoms with Gasteiger partial charge in [-0.15, -0.1) is 0 Å². The van der Waals surface area contributed by atoms with Gasteiger partial charge in [0.05, 0.1) is 18.9 Å². The Morgan fingerprint density at radius 2 is 1.91 bits per heavy atom. The lowest BCUT2D eigenvalue weighted by Gasteiger charge is -2.30. The van der Waals surface area contributed by atoms with Crippen LogP contribution in [0.3, 0.4) is 0 Å². The first-order valence-electron chi connectivity index (χ1n) is 11.7. The third-order valence-electron chi connectivity index (χ3n) is 6.62. The first-order chi connectivity index (χ1) is 16.0. The quantitative estimate of drug-likeness (QED) is 0.451. The van der Waals surface area contributed by atoms with Gasteiger partial charge in [0, 0.05) is 40.7 Å². The van der Waals surface area contributed by atoms with Crippen LogP contribution in [0.5, 0.6) is 0 Å². The van der Waals surface area contributed by atoms with Crippen molar-refractivity contribution >= 4 is 33.6 Å². The van der Waals surface area contributed by atoms with Gasteiger partial charge in [0.15, 0.2) is 0 Å². The smallest absolute Gasteiger partial charge is 0.262 e. The van der Waals surface area contributed by atoms with Crippen LogP contribution in [0.2, 0.25) is 0 Å². The van der Waals surface area contributed by atoms with Crippen molar-refractivity contribution < 1.29 is 9.53 Å². The summed E-state index contributed by atoms with van der Waals surface area (Å²) in [4.78, 5) is 15.0. The fourth-order valence-corrected chi connectivity index (χ4v) is 5.46. The number of halogens is 1. The molecule has 0 bridgehead atoms. The monoisotopic (exact) mass is 510 g/mol. The minimum atomic E-state index is -0.271. The van der Waals surface area contributed by atoms with Crippen molar-refractivity contribution in [3.63, 3.8) is 0 Å². The number of aromatic nitrogens is 1. The van der Waals surface area contributed by atoms with Crippen LogP contribution in [0.25, 0.3) is 11.8 Å². The normalized spacial score (nSPS) is 17.6. The van der Waals surface area contributed by atoms with E-state index in [0.717, 1.165) is 84.8 Å². The minimum Gasteiger partial charge on any atom is -0.378 e. The summed E-state index contributed by atoms with van der Waals surface area (Å²) in [7, 11) is 0. The van der Waals surface area contributed by atoms with Crippen molar-refractivity contribution in [1.29, 1.82) is 5.26 Å². The van der Waals surface area contributed by atoms with Gasteiger partial charge in [-0.2, -0.15) is 5.26 Å². The number of benzene rings is 1. The predicted molar refractivity (Wildman–Crippen MR) is 135 cm³/mol. The van der Waals surface area contributed by atoms with Crippen LogP contribution >= 0.6 is 15.9 Å². The highest BCUT2D eigenvalue weighted by Crippen LogP contribution is 2.31. The average molecular weight is 511 g/mol. The second kappa shape index (κ2) is 10.6. The van der Waals surface area contributed by atoms with E-state index in [1.54, 1.807) is 6.08 Å². The molecule has 4 rings (SSSR count). The molecule has 1 aromatic carbocycles. The Hall–Kier alpha value is -2.56. The van der Waals surface area contributed by atoms with Gasteiger partial charge in [0.25, 0.3) is 5.91 Å². The van der Waals surface area contributed by atoms with Crippen LogP contribution in [-0.2, 0) is 9.53 Å². The largest absolute Gasteiger partial charge is 0.378 e. The standard InChI is InChI=1S/C26H31BrN4O2/c1-18-14-20(15-21(17-28)26(32)29-22-6-4-3-5-7-22)19(2)31(18)23-8-9-25(24(27)16-23)30-10-12-33-13-11-30/h8-9,14-16,22H,3-7,10-13H2,1-2H3,(H,29,32). The third-order valence-corrected chi connectivity index (χ3v) is 7.25. The van der Waals surface area contributed by atoms with Crippen LogP contribution in [0.15, 0.2) is 34.3 Å². The molecule has 0 spiro atoms. The molecule has 0 radical (unpaired) electrons. The van der Waals surface area contributed by atoms with Gasteiger partial charge < -0.3 is 19.5 Å². The van der Waals surface area contributed by atoms with Gasteiger partial charge in [0.2, 0.25) is 0 Å². The Balaban J connectivity index is 1.58. The van der Waals surface area contributed by atoms with Crippen LogP contribution in [-0.4, -0.2) is 42.8 Å². The molecule has 2 aliphatic rings. The predicted octanol–water partition coefficient (Wildman–Crippen LogP) is 5.05. The molecule has 1 aromatic heterocycles. The first-order valence-corrected chi connectivity index (χ1v) is 12.5. The Morgan fingerprint density at radius 3 is 2.58 bits per heavy atom. The van der Waals surface area contributed by atoms with Crippen LogP contribution in [0, 0.1) is 25.2 Å². The molecule has 174 valence electrons. The maximum Gasteiger partial charge on any atom is 0.262 e. The van der Waals surface area contributed by atoms with Crippen LogP contribution in [0.1, 0.15) is 49.1 Å². The number of nitrogens with one attached hydrogen (secondary N) is 1. The molecule has 33 heavy (non-hydrogen) atoms. The number of ether oxygens (including phenoxy) is 1. The number of aryl methyl sites for hydroxylation is 1. The number of anilines is 1. The van der Waals surface area contributed by atoms with E-state index in [-0.39, 0.29) is 17.5 Å². The van der Waals surface area contributed by atoms with E-state index in [4.69, 9.17) is 4.74 Å². The van der Waals surface area contributed by atoms with Gasteiger partial charge in [-0.3, -0.25) is 4.79 Å². The molecule has 7 heteroatoms. The SMILES string of the molecule is Cc1cc(C=C(C#N)C(=O)NC2CCCCC2)c(C)n1-c1ccc(N2CCOCC2)c(Br)c1. The van der Waals surface area contributed by atoms with E-state index in [1.807, 2.05) is 19.9 Å². The lowest BCUT2D eigenvalue weighted by molar-refractivity contribution is -0.117. The van der Waals surface area contributed by atoms with E-state index in [2.05, 4.69) is 55.0 Å². The van der Waals surface area contributed by atoms with Gasteiger partial charge >= 0.3 is 0 Å². The molecule has 1 aliphatic carbocycles. The Kier molecular flexibility index (Phi) is 7.56. The molecule has 1 aliphatic heterocycles. The fraction of sp³-hybridized carbons (Fsp3) is 0.462. The Morgan fingerprint density at radius 1 is 1.18 bits per heavy atom. The number of rotatable bonds is 5. The van der Waals surface area contributed by atoms with Crippen molar-refractivity contribution in [2.24, 2.45) is 0 Å². The second-order valence-corrected chi connectivity index (χ2v) is 9.73. The van der Waals surface area contributed by atoms with E-state index in [0.29, 0.717) is 0 Å². The summed E-state index contributed by atoms with van der Waals surface area (Å²) in [6, 6.07) is 10.7. The zero-order valence-corrected chi connectivity index (χ0v) is 21.0. The number of amides is 1. The highest BCUT2D eigenvalue weighted by atomic mass is 79.9. The maximum atomic E-state index is 12.7. The molecule has 2 aromatic rings. The lowest BCUT2D eigenvalue weighted by atomic mass is 9.95. The summed E-state index contributed by atoms with van der Waals surface area (Å²) >= 11 is 3.75. The summed E-state index contributed by atoms with van der Waals surface area (Å²) in [5, 5.41) is 12.7. The summed E-state index contributed by atoms with van der Waals surface area (Å²) in [5.74, 6) is -0.271. The van der Waals surface area contributed by atoms with Crippen molar-refractivity contribution in [1.82, 2.24) is 9.88 Å². The van der Waals surface area contributed by atoms with Crippen molar-refractivity contribution in [2.75, 3.05) is 31.2 Å². The summed E-state index contributed by atoms with van der Waals surface area (Å²) in [6.45, 7) is 7.33. The van der Waals surface area contributed by atoms with Crippen molar-refractivity contribution in [3.8, 4) is 11.8 Å². The second-order valence-electron chi connectivity index (χ2n) is 8.88. The first kappa shape index (κ1) is 23.6. The summed E-state index contributed by atoms with van der Waals surface area (Å²) < 4.78 is 8.67. The minimum absolute atomic E-state index is 0.157. The molecule has 0 unspecified atom stereocenters. The molecule has 1 N–H and O–H groups in total. The molecule has 2 fully saturated rings. The molecule has 1 saturated carbocycles. The molecule has 0 atom stereocenters. The number of hydrogen-bond acceptors (Lipinski definition) is 4. The van der Waals surface area contributed by atoms with Crippen LogP contribution in [0.4, 0.5) is 5.69 Å². The van der Waals surface area contributed by atoms with E-state index in [1.165, 1.54) is 6.42 Å². The molecular weight excluding hydrogens is 480 g/mol. The maximum absolute atomic E-state index is 12.7. The Bertz CT molecular complexity index is 1090. The Labute approximate surface area is 204 Å². The zero-order chi connectivity index (χ0) is 23.4. The van der Waals surface area contributed by atoms with Crippen molar-refractivity contribution in [3.05, 3.63) is 51.3 Å².